The lowest BCUT2D eigenvalue weighted by Crippen LogP contribution is -2.25. The number of furan rings is 1. The fourth-order valence-corrected chi connectivity index (χ4v) is 2.00. The van der Waals surface area contributed by atoms with Gasteiger partial charge in [0.05, 0.1) is 17.3 Å². The molecule has 0 spiro atoms. The third-order valence-corrected chi connectivity index (χ3v) is 3.13. The van der Waals surface area contributed by atoms with Crippen molar-refractivity contribution in [2.24, 2.45) is 5.10 Å². The summed E-state index contributed by atoms with van der Waals surface area (Å²) in [6.07, 6.45) is 0. The predicted molar refractivity (Wildman–Crippen MR) is 85.2 cm³/mol. The molecule has 0 saturated carbocycles. The van der Waals surface area contributed by atoms with Crippen LogP contribution >= 0.6 is 0 Å². The molecule has 0 aliphatic heterocycles. The summed E-state index contributed by atoms with van der Waals surface area (Å²) >= 11 is 0. The van der Waals surface area contributed by atoms with E-state index in [0.29, 0.717) is 17.0 Å². The maximum atomic E-state index is 11.7. The van der Waals surface area contributed by atoms with Crippen molar-refractivity contribution in [3.8, 4) is 11.8 Å². The molecule has 0 radical (unpaired) electrons. The Bertz CT molecular complexity index is 767. The number of ether oxygens (including phenoxy) is 1. The van der Waals surface area contributed by atoms with Crippen LogP contribution in [0.25, 0.3) is 0 Å². The van der Waals surface area contributed by atoms with Gasteiger partial charge in [-0.1, -0.05) is 0 Å². The molecule has 6 heteroatoms. The Morgan fingerprint density at radius 2 is 2.04 bits per heavy atom. The minimum Gasteiger partial charge on any atom is -0.484 e. The van der Waals surface area contributed by atoms with Crippen LogP contribution in [-0.2, 0) is 4.79 Å². The number of hydrogen-bond donors (Lipinski definition) is 1. The van der Waals surface area contributed by atoms with Gasteiger partial charge in [0.1, 0.15) is 17.3 Å². The lowest BCUT2D eigenvalue weighted by atomic mass is 10.2. The SMILES string of the molecule is C/C(=N/NC(=O)COc1ccc(C#N)cc1)c1cc(C)oc1C. The van der Waals surface area contributed by atoms with E-state index in [1.807, 2.05) is 26.0 Å². The number of amides is 1. The van der Waals surface area contributed by atoms with Gasteiger partial charge >= 0.3 is 0 Å². The van der Waals surface area contributed by atoms with E-state index in [1.165, 1.54) is 0 Å². The maximum absolute atomic E-state index is 11.7. The summed E-state index contributed by atoms with van der Waals surface area (Å²) in [5.41, 5.74) is 4.49. The number of hydrogen-bond acceptors (Lipinski definition) is 5. The molecule has 0 unspecified atom stereocenters. The monoisotopic (exact) mass is 311 g/mol. The molecule has 23 heavy (non-hydrogen) atoms. The van der Waals surface area contributed by atoms with Crippen LogP contribution in [0.1, 0.15) is 29.6 Å². The van der Waals surface area contributed by atoms with Crippen molar-refractivity contribution in [1.82, 2.24) is 5.43 Å². The highest BCUT2D eigenvalue weighted by atomic mass is 16.5. The summed E-state index contributed by atoms with van der Waals surface area (Å²) in [6, 6.07) is 10.4. The zero-order valence-electron chi connectivity index (χ0n) is 13.2. The summed E-state index contributed by atoms with van der Waals surface area (Å²) in [4.78, 5) is 11.7. The first kappa shape index (κ1) is 16.3. The smallest absolute Gasteiger partial charge is 0.277 e. The average Bonchev–Trinajstić information content (AvgIpc) is 2.89. The van der Waals surface area contributed by atoms with Crippen molar-refractivity contribution in [2.45, 2.75) is 20.8 Å². The van der Waals surface area contributed by atoms with Gasteiger partial charge in [-0.2, -0.15) is 10.4 Å². The molecule has 1 aromatic heterocycles. The van der Waals surface area contributed by atoms with Crippen LogP contribution < -0.4 is 10.2 Å². The van der Waals surface area contributed by atoms with E-state index in [9.17, 15) is 4.79 Å². The largest absolute Gasteiger partial charge is 0.484 e. The molecule has 0 fully saturated rings. The van der Waals surface area contributed by atoms with Gasteiger partial charge in [-0.25, -0.2) is 5.43 Å². The minimum absolute atomic E-state index is 0.161. The molecule has 2 rings (SSSR count). The molecule has 0 saturated heterocycles. The molecule has 6 nitrogen and oxygen atoms in total. The highest BCUT2D eigenvalue weighted by molar-refractivity contribution is 6.00. The Morgan fingerprint density at radius 3 is 2.61 bits per heavy atom. The van der Waals surface area contributed by atoms with Crippen LogP contribution in [0.15, 0.2) is 39.9 Å². The number of rotatable bonds is 5. The zero-order valence-corrected chi connectivity index (χ0v) is 13.2. The van der Waals surface area contributed by atoms with Crippen LogP contribution in [0.4, 0.5) is 0 Å². The molecule has 0 aliphatic rings. The fraction of sp³-hybridized carbons (Fsp3) is 0.235. The molecule has 1 aromatic carbocycles. The van der Waals surface area contributed by atoms with Crippen molar-refractivity contribution in [3.05, 3.63) is 53.0 Å². The highest BCUT2D eigenvalue weighted by Gasteiger charge is 2.08. The van der Waals surface area contributed by atoms with Gasteiger partial charge in [-0.05, 0) is 51.1 Å². The van der Waals surface area contributed by atoms with E-state index in [-0.39, 0.29) is 12.5 Å². The molecular formula is C17H17N3O3. The normalized spacial score (nSPS) is 11.0. The lowest BCUT2D eigenvalue weighted by molar-refractivity contribution is -0.123. The number of nitrogens with zero attached hydrogens (tertiary/aromatic N) is 2. The molecule has 1 N–H and O–H groups in total. The summed E-state index contributed by atoms with van der Waals surface area (Å²) in [6.45, 7) is 5.33. The minimum atomic E-state index is -0.369. The summed E-state index contributed by atoms with van der Waals surface area (Å²) in [7, 11) is 0. The van der Waals surface area contributed by atoms with Gasteiger partial charge in [-0.15, -0.1) is 0 Å². The summed E-state index contributed by atoms with van der Waals surface area (Å²) in [5, 5.41) is 12.7. The van der Waals surface area contributed by atoms with Crippen molar-refractivity contribution in [2.75, 3.05) is 6.61 Å². The molecule has 0 bridgehead atoms. The number of hydrazone groups is 1. The third kappa shape index (κ3) is 4.45. The lowest BCUT2D eigenvalue weighted by Gasteiger charge is -2.05. The number of nitriles is 1. The second-order valence-corrected chi connectivity index (χ2v) is 4.98. The maximum Gasteiger partial charge on any atom is 0.277 e. The van der Waals surface area contributed by atoms with Crippen molar-refractivity contribution in [1.29, 1.82) is 5.26 Å². The van der Waals surface area contributed by atoms with E-state index in [2.05, 4.69) is 10.5 Å². The van der Waals surface area contributed by atoms with Crippen molar-refractivity contribution < 1.29 is 13.9 Å². The van der Waals surface area contributed by atoms with Crippen molar-refractivity contribution >= 4 is 11.6 Å². The number of carbonyl (C=O) groups is 1. The molecule has 1 heterocycles. The van der Waals surface area contributed by atoms with Crippen LogP contribution in [-0.4, -0.2) is 18.2 Å². The van der Waals surface area contributed by atoms with Crippen LogP contribution in [0.5, 0.6) is 5.75 Å². The van der Waals surface area contributed by atoms with Gasteiger partial charge in [0.25, 0.3) is 5.91 Å². The molecule has 0 atom stereocenters. The first-order valence-electron chi connectivity index (χ1n) is 7.03. The summed E-state index contributed by atoms with van der Waals surface area (Å²) < 4.78 is 10.7. The highest BCUT2D eigenvalue weighted by Crippen LogP contribution is 2.14. The standard InChI is InChI=1S/C17H17N3O3/c1-11-8-16(13(3)23-11)12(2)19-20-17(21)10-22-15-6-4-14(9-18)5-7-15/h4-8H,10H2,1-3H3,(H,20,21)/b19-12-. The van der Waals surface area contributed by atoms with Gasteiger partial charge in [-0.3, -0.25) is 4.79 Å². The number of benzene rings is 1. The van der Waals surface area contributed by atoms with Gasteiger partial charge in [0.2, 0.25) is 0 Å². The van der Waals surface area contributed by atoms with E-state index in [4.69, 9.17) is 14.4 Å². The Labute approximate surface area is 134 Å². The molecule has 0 aliphatic carbocycles. The topological polar surface area (TPSA) is 87.6 Å². The first-order chi connectivity index (χ1) is 11.0. The van der Waals surface area contributed by atoms with Gasteiger partial charge in [0, 0.05) is 5.56 Å². The van der Waals surface area contributed by atoms with Gasteiger partial charge < -0.3 is 9.15 Å². The van der Waals surface area contributed by atoms with E-state index < -0.39 is 0 Å². The first-order valence-corrected chi connectivity index (χ1v) is 7.03. The Morgan fingerprint density at radius 1 is 1.35 bits per heavy atom. The second kappa shape index (κ2) is 7.27. The number of carbonyl (C=O) groups excluding carboxylic acids is 1. The zero-order chi connectivity index (χ0) is 16.8. The molecule has 1 amide bonds. The third-order valence-electron chi connectivity index (χ3n) is 3.13. The van der Waals surface area contributed by atoms with Crippen LogP contribution in [0.2, 0.25) is 0 Å². The average molecular weight is 311 g/mol. The molecular weight excluding hydrogens is 294 g/mol. The second-order valence-electron chi connectivity index (χ2n) is 4.98. The predicted octanol–water partition coefficient (Wildman–Crippen LogP) is 2.69. The van der Waals surface area contributed by atoms with E-state index >= 15 is 0 Å². The summed E-state index contributed by atoms with van der Waals surface area (Å²) in [5.74, 6) is 1.70. The van der Waals surface area contributed by atoms with Gasteiger partial charge in [0.15, 0.2) is 6.61 Å². The van der Waals surface area contributed by atoms with Crippen molar-refractivity contribution in [3.63, 3.8) is 0 Å². The van der Waals surface area contributed by atoms with E-state index in [1.54, 1.807) is 31.2 Å². The van der Waals surface area contributed by atoms with Crippen LogP contribution in [0.3, 0.4) is 0 Å². The fourth-order valence-electron chi connectivity index (χ4n) is 2.00. The molecule has 2 aromatic rings. The Kier molecular flexibility index (Phi) is 5.15. The Balaban J connectivity index is 1.88. The number of nitrogens with one attached hydrogen (secondary N) is 1. The van der Waals surface area contributed by atoms with E-state index in [0.717, 1.165) is 17.1 Å². The Hall–Kier alpha value is -3.07. The quantitative estimate of drug-likeness (QED) is 0.679. The number of aryl methyl sites for hydroxylation is 2. The van der Waals surface area contributed by atoms with Crippen LogP contribution in [0, 0.1) is 25.2 Å². The molecule has 118 valence electrons.